The zero-order valence-electron chi connectivity index (χ0n) is 20.6. The Hall–Kier alpha value is -4.68. The van der Waals surface area contributed by atoms with Gasteiger partial charge < -0.3 is 24.9 Å². The average molecular weight is 550 g/mol. The van der Waals surface area contributed by atoms with Gasteiger partial charge in [0.2, 0.25) is 22.7 Å². The summed E-state index contributed by atoms with van der Waals surface area (Å²) in [6.45, 7) is 0.0321. The van der Waals surface area contributed by atoms with Crippen molar-refractivity contribution >= 4 is 38.6 Å². The molecule has 1 unspecified atom stereocenters. The van der Waals surface area contributed by atoms with Crippen LogP contribution in [0.1, 0.15) is 43.3 Å². The second-order valence-electron chi connectivity index (χ2n) is 9.14. The van der Waals surface area contributed by atoms with Gasteiger partial charge in [-0.3, -0.25) is 14.4 Å². The van der Waals surface area contributed by atoms with Crippen molar-refractivity contribution in [1.29, 1.82) is 0 Å². The van der Waals surface area contributed by atoms with Crippen LogP contribution >= 0.6 is 0 Å². The molecule has 1 aliphatic heterocycles. The molecular weight excluding hydrogens is 526 g/mol. The number of primary sulfonamides is 1. The first-order valence-corrected chi connectivity index (χ1v) is 13.2. The zero-order valence-corrected chi connectivity index (χ0v) is 21.4. The van der Waals surface area contributed by atoms with Gasteiger partial charge in [-0.25, -0.2) is 13.6 Å². The Morgan fingerprint density at radius 3 is 2.41 bits per heavy atom. The number of aromatic nitrogens is 1. The van der Waals surface area contributed by atoms with Crippen LogP contribution in [0.5, 0.6) is 11.5 Å². The van der Waals surface area contributed by atoms with Gasteiger partial charge in [0.05, 0.1) is 17.2 Å². The minimum absolute atomic E-state index is 0.0154. The van der Waals surface area contributed by atoms with Crippen LogP contribution in [0.15, 0.2) is 65.7 Å². The highest BCUT2D eigenvalue weighted by Crippen LogP contribution is 2.40. The molecule has 12 heteroatoms. The monoisotopic (exact) mass is 549 g/mol. The molecule has 200 valence electrons. The molecule has 0 radical (unpaired) electrons. The lowest BCUT2D eigenvalue weighted by Gasteiger charge is -2.18. The number of ketones is 1. The Morgan fingerprint density at radius 2 is 1.72 bits per heavy atom. The maximum absolute atomic E-state index is 14.2. The van der Waals surface area contributed by atoms with Crippen molar-refractivity contribution in [2.75, 3.05) is 6.79 Å². The third-order valence-electron chi connectivity index (χ3n) is 6.61. The molecule has 1 atom stereocenters. The molecule has 1 aromatic heterocycles. The van der Waals surface area contributed by atoms with Crippen LogP contribution in [0.2, 0.25) is 0 Å². The van der Waals surface area contributed by atoms with Gasteiger partial charge in [0.25, 0.3) is 0 Å². The van der Waals surface area contributed by atoms with E-state index in [0.717, 1.165) is 6.07 Å². The minimum Gasteiger partial charge on any atom is -0.481 e. The summed E-state index contributed by atoms with van der Waals surface area (Å²) in [6, 6.07) is 13.7. The van der Waals surface area contributed by atoms with Crippen molar-refractivity contribution < 1.29 is 37.4 Å². The number of benzene rings is 3. The molecule has 0 saturated heterocycles. The van der Waals surface area contributed by atoms with E-state index in [1.807, 2.05) is 0 Å². The first-order valence-electron chi connectivity index (χ1n) is 11.6. The van der Waals surface area contributed by atoms with E-state index in [-0.39, 0.29) is 17.9 Å². The fourth-order valence-electron chi connectivity index (χ4n) is 4.81. The summed E-state index contributed by atoms with van der Waals surface area (Å²) in [7, 11) is -2.58. The molecule has 0 fully saturated rings. The Labute approximate surface area is 222 Å². The lowest BCUT2D eigenvalue weighted by atomic mass is 9.84. The number of sulfonamides is 1. The molecule has 5 rings (SSSR count). The van der Waals surface area contributed by atoms with Gasteiger partial charge in [0.1, 0.15) is 0 Å². The summed E-state index contributed by atoms with van der Waals surface area (Å²) in [5, 5.41) is 15.2. The molecule has 4 aromatic rings. The zero-order chi connectivity index (χ0) is 28.1. The Bertz CT molecular complexity index is 1790. The highest BCUT2D eigenvalue weighted by Gasteiger charge is 2.30. The summed E-state index contributed by atoms with van der Waals surface area (Å²) >= 11 is 0. The number of carboxylic acids is 1. The van der Waals surface area contributed by atoms with Gasteiger partial charge >= 0.3 is 5.97 Å². The van der Waals surface area contributed by atoms with Crippen molar-refractivity contribution in [3.63, 3.8) is 0 Å². The second-order valence-corrected chi connectivity index (χ2v) is 10.7. The standard InChI is InChI=1S/C27H23N3O8S/c1-30-12-19(18-6-4-17(27(28)34)8-20(18)30)25(15-5-7-21-22(9-15)38-13-37-21)26(33)16-3-2-14(11-24(31)32)23(10-16)39(29,35)36/h2-10,12,25H,11,13H2,1H3,(H2,28,34)(H,31,32)(H2,29,35,36). The van der Waals surface area contributed by atoms with Crippen molar-refractivity contribution in [2.24, 2.45) is 17.9 Å². The van der Waals surface area contributed by atoms with E-state index < -0.39 is 44.9 Å². The first-order chi connectivity index (χ1) is 18.4. The molecule has 11 nitrogen and oxygen atoms in total. The normalized spacial score (nSPS) is 13.4. The van der Waals surface area contributed by atoms with E-state index in [4.69, 9.17) is 20.3 Å². The summed E-state index contributed by atoms with van der Waals surface area (Å²) in [6.07, 6.45) is 1.17. The summed E-state index contributed by atoms with van der Waals surface area (Å²) in [5.41, 5.74) is 7.52. The molecule has 5 N–H and O–H groups in total. The molecule has 0 spiro atoms. The Balaban J connectivity index is 1.71. The number of nitrogens with zero attached hydrogens (tertiary/aromatic N) is 1. The number of aliphatic carboxylic acids is 1. The lowest BCUT2D eigenvalue weighted by molar-refractivity contribution is -0.136. The summed E-state index contributed by atoms with van der Waals surface area (Å²) in [5.74, 6) is -2.29. The molecule has 1 aliphatic rings. The van der Waals surface area contributed by atoms with Gasteiger partial charge in [-0.1, -0.05) is 24.3 Å². The average Bonchev–Trinajstić information content (AvgIpc) is 3.47. The number of carbonyl (C=O) groups excluding carboxylic acids is 2. The van der Waals surface area contributed by atoms with E-state index in [9.17, 15) is 27.9 Å². The van der Waals surface area contributed by atoms with Crippen molar-refractivity contribution in [3.8, 4) is 11.5 Å². The van der Waals surface area contributed by atoms with Gasteiger partial charge in [0.15, 0.2) is 17.3 Å². The predicted octanol–water partition coefficient (Wildman–Crippen LogP) is 2.30. The third kappa shape index (κ3) is 4.82. The molecule has 3 aromatic carbocycles. The lowest BCUT2D eigenvalue weighted by Crippen LogP contribution is -2.19. The molecule has 0 aliphatic carbocycles. The number of fused-ring (bicyclic) bond motifs is 2. The van der Waals surface area contributed by atoms with Crippen LogP contribution in [0, 0.1) is 0 Å². The minimum atomic E-state index is -4.34. The van der Waals surface area contributed by atoms with Gasteiger partial charge in [0, 0.05) is 35.3 Å². The molecule has 0 saturated carbocycles. The number of carboxylic acid groups (broad SMARTS) is 1. The van der Waals surface area contributed by atoms with E-state index in [0.29, 0.717) is 39.1 Å². The number of hydrogen-bond acceptors (Lipinski definition) is 7. The molecule has 2 heterocycles. The fourth-order valence-corrected chi connectivity index (χ4v) is 5.61. The van der Waals surface area contributed by atoms with Crippen LogP contribution in [0.25, 0.3) is 10.9 Å². The van der Waals surface area contributed by atoms with Gasteiger partial charge in [-0.05, 0) is 47.0 Å². The third-order valence-corrected chi connectivity index (χ3v) is 7.60. The van der Waals surface area contributed by atoms with E-state index >= 15 is 0 Å². The number of aryl methyl sites for hydroxylation is 1. The topological polar surface area (TPSA) is 181 Å². The van der Waals surface area contributed by atoms with Crippen molar-refractivity contribution in [2.45, 2.75) is 17.2 Å². The summed E-state index contributed by atoms with van der Waals surface area (Å²) < 4.78 is 37.3. The van der Waals surface area contributed by atoms with Crippen LogP contribution in [0.3, 0.4) is 0 Å². The number of Topliss-reactive ketones (excluding diaryl/α,β-unsaturated/α-hetero) is 1. The quantitative estimate of drug-likeness (QED) is 0.280. The van der Waals surface area contributed by atoms with Crippen LogP contribution in [-0.4, -0.2) is 42.5 Å². The second kappa shape index (κ2) is 9.57. The van der Waals surface area contributed by atoms with Crippen molar-refractivity contribution in [1.82, 2.24) is 4.57 Å². The highest BCUT2D eigenvalue weighted by atomic mass is 32.2. The SMILES string of the molecule is Cn1cc(C(C(=O)c2ccc(CC(=O)O)c(S(N)(=O)=O)c2)c2ccc3c(c2)OCO3)c2ccc(C(N)=O)cc21. The molecule has 39 heavy (non-hydrogen) atoms. The molecule has 1 amide bonds. The number of hydrogen-bond donors (Lipinski definition) is 3. The largest absolute Gasteiger partial charge is 0.481 e. The number of amides is 1. The highest BCUT2D eigenvalue weighted by molar-refractivity contribution is 7.89. The van der Waals surface area contributed by atoms with Gasteiger partial charge in [-0.2, -0.15) is 0 Å². The predicted molar refractivity (Wildman–Crippen MR) is 139 cm³/mol. The van der Waals surface area contributed by atoms with Crippen LogP contribution < -0.4 is 20.3 Å². The van der Waals surface area contributed by atoms with E-state index in [1.54, 1.807) is 54.2 Å². The Kier molecular flexibility index (Phi) is 6.36. The number of carbonyl (C=O) groups is 3. The number of primary amides is 1. The first kappa shape index (κ1) is 25.9. The molecule has 0 bridgehead atoms. The maximum atomic E-state index is 14.2. The molecular formula is C27H23N3O8S. The fraction of sp³-hybridized carbons (Fsp3) is 0.148. The Morgan fingerprint density at radius 1 is 1.00 bits per heavy atom. The smallest absolute Gasteiger partial charge is 0.307 e. The number of ether oxygens (including phenoxy) is 2. The summed E-state index contributed by atoms with van der Waals surface area (Å²) in [4.78, 5) is 36.8. The van der Waals surface area contributed by atoms with Crippen LogP contribution in [0.4, 0.5) is 0 Å². The van der Waals surface area contributed by atoms with Crippen molar-refractivity contribution in [3.05, 3.63) is 88.6 Å². The van der Waals surface area contributed by atoms with E-state index in [1.165, 1.54) is 12.1 Å². The number of nitrogens with two attached hydrogens (primary N) is 2. The number of rotatable bonds is 8. The maximum Gasteiger partial charge on any atom is 0.307 e. The van der Waals surface area contributed by atoms with E-state index in [2.05, 4.69) is 0 Å². The van der Waals surface area contributed by atoms with Gasteiger partial charge in [-0.15, -0.1) is 0 Å². The van der Waals surface area contributed by atoms with Crippen LogP contribution in [-0.2, 0) is 28.3 Å².